The Morgan fingerprint density at radius 1 is 1.23 bits per heavy atom. The summed E-state index contributed by atoms with van der Waals surface area (Å²) >= 11 is 6.05. The summed E-state index contributed by atoms with van der Waals surface area (Å²) in [6.07, 6.45) is 1.75. The standard InChI is InChI=1S/C21H19ClFN5O2/c1-11-5-6-16(22)15(17(11)23)10-27-21(30)13-4-2-3-12(7-13)8-14-9-26-19(24)18(28-14)20(25)29/h2-7,9H,8,10H2,1H3,(H2,24,26)(H2,25,29)(H,27,30). The summed E-state index contributed by atoms with van der Waals surface area (Å²) in [4.78, 5) is 32.0. The maximum atomic E-state index is 14.2. The Balaban J connectivity index is 1.74. The molecular formula is C21H19ClFN5O2. The fraction of sp³-hybridized carbons (Fsp3) is 0.143. The Labute approximate surface area is 177 Å². The van der Waals surface area contributed by atoms with E-state index in [0.717, 1.165) is 5.56 Å². The number of nitrogens with one attached hydrogen (secondary N) is 1. The van der Waals surface area contributed by atoms with Crippen LogP contribution >= 0.6 is 11.6 Å². The second kappa shape index (κ2) is 8.87. The second-order valence-corrected chi connectivity index (χ2v) is 7.08. The number of rotatable bonds is 6. The Kier molecular flexibility index (Phi) is 6.27. The summed E-state index contributed by atoms with van der Waals surface area (Å²) in [5.74, 6) is -1.63. The molecule has 1 aromatic heterocycles. The van der Waals surface area contributed by atoms with Crippen molar-refractivity contribution in [3.05, 3.63) is 87.1 Å². The lowest BCUT2D eigenvalue weighted by Gasteiger charge is -2.11. The van der Waals surface area contributed by atoms with Gasteiger partial charge >= 0.3 is 0 Å². The van der Waals surface area contributed by atoms with Gasteiger partial charge in [0.25, 0.3) is 11.8 Å². The van der Waals surface area contributed by atoms with Crippen LogP contribution in [0.5, 0.6) is 0 Å². The molecule has 5 N–H and O–H groups in total. The number of halogens is 2. The highest BCUT2D eigenvalue weighted by Gasteiger charge is 2.14. The van der Waals surface area contributed by atoms with Crippen molar-refractivity contribution in [2.24, 2.45) is 5.73 Å². The smallest absolute Gasteiger partial charge is 0.271 e. The van der Waals surface area contributed by atoms with Gasteiger partial charge in [0, 0.05) is 29.1 Å². The molecule has 0 saturated carbocycles. The molecule has 0 atom stereocenters. The molecule has 0 radical (unpaired) electrons. The van der Waals surface area contributed by atoms with Crippen molar-refractivity contribution in [1.82, 2.24) is 15.3 Å². The summed E-state index contributed by atoms with van der Waals surface area (Å²) in [6.45, 7) is 1.59. The molecule has 7 nitrogen and oxygen atoms in total. The van der Waals surface area contributed by atoms with E-state index in [1.165, 1.54) is 6.20 Å². The van der Waals surface area contributed by atoms with Gasteiger partial charge in [0.1, 0.15) is 5.82 Å². The normalized spacial score (nSPS) is 10.6. The van der Waals surface area contributed by atoms with Crippen molar-refractivity contribution in [3.63, 3.8) is 0 Å². The molecular weight excluding hydrogens is 409 g/mol. The van der Waals surface area contributed by atoms with Crippen molar-refractivity contribution in [2.75, 3.05) is 5.73 Å². The highest BCUT2D eigenvalue weighted by Crippen LogP contribution is 2.22. The number of aryl methyl sites for hydroxylation is 1. The molecule has 30 heavy (non-hydrogen) atoms. The van der Waals surface area contributed by atoms with Crippen LogP contribution in [0.15, 0.2) is 42.6 Å². The quantitative estimate of drug-likeness (QED) is 0.558. The van der Waals surface area contributed by atoms with Gasteiger partial charge in [0.15, 0.2) is 11.5 Å². The van der Waals surface area contributed by atoms with Gasteiger partial charge in [0.05, 0.1) is 11.9 Å². The molecule has 154 valence electrons. The van der Waals surface area contributed by atoms with Gasteiger partial charge in [-0.2, -0.15) is 0 Å². The first-order chi connectivity index (χ1) is 14.3. The molecule has 0 unspecified atom stereocenters. The SMILES string of the molecule is Cc1ccc(Cl)c(CNC(=O)c2cccc(Cc3cnc(N)c(C(N)=O)n3)c2)c1F. The van der Waals surface area contributed by atoms with Crippen LogP contribution < -0.4 is 16.8 Å². The Bertz CT molecular complexity index is 1140. The average molecular weight is 428 g/mol. The lowest BCUT2D eigenvalue weighted by atomic mass is 10.1. The molecule has 2 amide bonds. The number of nitrogen functional groups attached to an aromatic ring is 1. The Hall–Kier alpha value is -3.52. The first kappa shape index (κ1) is 21.2. The minimum absolute atomic E-state index is 0.0404. The van der Waals surface area contributed by atoms with Gasteiger partial charge in [-0.3, -0.25) is 9.59 Å². The lowest BCUT2D eigenvalue weighted by molar-refractivity contribution is 0.0949. The first-order valence-electron chi connectivity index (χ1n) is 8.98. The van der Waals surface area contributed by atoms with Crippen LogP contribution in [-0.4, -0.2) is 21.8 Å². The number of aromatic nitrogens is 2. The van der Waals surface area contributed by atoms with E-state index in [1.807, 2.05) is 0 Å². The maximum absolute atomic E-state index is 14.2. The Morgan fingerprint density at radius 2 is 2.00 bits per heavy atom. The molecule has 0 aliphatic heterocycles. The van der Waals surface area contributed by atoms with Gasteiger partial charge in [-0.25, -0.2) is 14.4 Å². The zero-order valence-electron chi connectivity index (χ0n) is 16.1. The van der Waals surface area contributed by atoms with E-state index in [1.54, 1.807) is 43.3 Å². The molecule has 0 bridgehead atoms. The number of hydrogen-bond acceptors (Lipinski definition) is 5. The third-order valence-electron chi connectivity index (χ3n) is 4.46. The first-order valence-corrected chi connectivity index (χ1v) is 9.36. The average Bonchev–Trinajstić information content (AvgIpc) is 2.72. The van der Waals surface area contributed by atoms with Crippen LogP contribution in [0.1, 0.15) is 43.2 Å². The minimum Gasteiger partial charge on any atom is -0.382 e. The molecule has 2 aromatic carbocycles. The van der Waals surface area contributed by atoms with Gasteiger partial charge in [0.2, 0.25) is 0 Å². The number of nitrogens with zero attached hydrogens (tertiary/aromatic N) is 2. The van der Waals surface area contributed by atoms with Crippen molar-refractivity contribution >= 4 is 29.2 Å². The summed E-state index contributed by atoms with van der Waals surface area (Å²) in [7, 11) is 0. The fourth-order valence-electron chi connectivity index (χ4n) is 2.88. The Morgan fingerprint density at radius 3 is 2.73 bits per heavy atom. The van der Waals surface area contributed by atoms with Crippen molar-refractivity contribution < 1.29 is 14.0 Å². The third-order valence-corrected chi connectivity index (χ3v) is 4.82. The predicted octanol–water partition coefficient (Wildman–Crippen LogP) is 2.78. The van der Waals surface area contributed by atoms with E-state index in [2.05, 4.69) is 15.3 Å². The number of hydrogen-bond donors (Lipinski definition) is 3. The molecule has 0 aliphatic carbocycles. The number of carbonyl (C=O) groups is 2. The summed E-state index contributed by atoms with van der Waals surface area (Å²) in [5, 5.41) is 2.93. The maximum Gasteiger partial charge on any atom is 0.271 e. The lowest BCUT2D eigenvalue weighted by Crippen LogP contribution is -2.23. The van der Waals surface area contributed by atoms with Crippen LogP contribution in [0, 0.1) is 12.7 Å². The summed E-state index contributed by atoms with van der Waals surface area (Å²) in [5.41, 5.74) is 13.0. The number of primary amides is 1. The molecule has 0 aliphatic rings. The number of carbonyl (C=O) groups excluding carboxylic acids is 2. The fourth-order valence-corrected chi connectivity index (χ4v) is 3.09. The van der Waals surface area contributed by atoms with E-state index in [-0.39, 0.29) is 34.5 Å². The largest absolute Gasteiger partial charge is 0.382 e. The van der Waals surface area contributed by atoms with Crippen molar-refractivity contribution in [2.45, 2.75) is 19.9 Å². The zero-order chi connectivity index (χ0) is 21.8. The molecule has 0 spiro atoms. The predicted molar refractivity (Wildman–Crippen MR) is 112 cm³/mol. The molecule has 3 rings (SSSR count). The number of nitrogens with two attached hydrogens (primary N) is 2. The van der Waals surface area contributed by atoms with E-state index in [4.69, 9.17) is 23.1 Å². The van der Waals surface area contributed by atoms with Crippen molar-refractivity contribution in [3.8, 4) is 0 Å². The van der Waals surface area contributed by atoms with E-state index >= 15 is 0 Å². The minimum atomic E-state index is -0.767. The highest BCUT2D eigenvalue weighted by atomic mass is 35.5. The van der Waals surface area contributed by atoms with Crippen LogP contribution in [0.2, 0.25) is 5.02 Å². The highest BCUT2D eigenvalue weighted by molar-refractivity contribution is 6.31. The van der Waals surface area contributed by atoms with E-state index in [0.29, 0.717) is 23.2 Å². The van der Waals surface area contributed by atoms with Crippen molar-refractivity contribution in [1.29, 1.82) is 0 Å². The third kappa shape index (κ3) is 4.72. The van der Waals surface area contributed by atoms with E-state index in [9.17, 15) is 14.0 Å². The van der Waals surface area contributed by atoms with Gasteiger partial charge in [-0.05, 0) is 36.2 Å². The van der Waals surface area contributed by atoms with Gasteiger partial charge in [-0.15, -0.1) is 0 Å². The topological polar surface area (TPSA) is 124 Å². The van der Waals surface area contributed by atoms with Crippen LogP contribution in [0.3, 0.4) is 0 Å². The van der Waals surface area contributed by atoms with Crippen LogP contribution in [0.4, 0.5) is 10.2 Å². The second-order valence-electron chi connectivity index (χ2n) is 6.68. The monoisotopic (exact) mass is 427 g/mol. The molecule has 0 saturated heterocycles. The molecule has 9 heteroatoms. The molecule has 1 heterocycles. The van der Waals surface area contributed by atoms with Crippen LogP contribution in [0.25, 0.3) is 0 Å². The zero-order valence-corrected chi connectivity index (χ0v) is 16.8. The van der Waals surface area contributed by atoms with E-state index < -0.39 is 11.7 Å². The summed E-state index contributed by atoms with van der Waals surface area (Å²) < 4.78 is 14.2. The molecule has 3 aromatic rings. The van der Waals surface area contributed by atoms with Gasteiger partial charge in [-0.1, -0.05) is 29.8 Å². The number of amides is 2. The number of anilines is 1. The van der Waals surface area contributed by atoms with Crippen LogP contribution in [-0.2, 0) is 13.0 Å². The van der Waals surface area contributed by atoms with Gasteiger partial charge < -0.3 is 16.8 Å². The molecule has 0 fully saturated rings. The number of benzene rings is 2. The summed E-state index contributed by atoms with van der Waals surface area (Å²) in [6, 6.07) is 9.99.